The first-order valence-electron chi connectivity index (χ1n) is 4.39. The molecule has 0 aliphatic rings. The molecule has 0 saturated carbocycles. The van der Waals surface area contributed by atoms with Crippen LogP contribution >= 0.6 is 7.60 Å². The Morgan fingerprint density at radius 1 is 1.57 bits per heavy atom. The Balaban J connectivity index is 3.62. The molecule has 6 nitrogen and oxygen atoms in total. The van der Waals surface area contributed by atoms with Crippen molar-refractivity contribution in [3.63, 3.8) is 0 Å². The van der Waals surface area contributed by atoms with Crippen molar-refractivity contribution in [1.29, 1.82) is 0 Å². The van der Waals surface area contributed by atoms with Crippen molar-refractivity contribution in [3.05, 3.63) is 0 Å². The number of likely N-dealkylation sites (N-methyl/N-ethyl adjacent to an activating group) is 1. The molecular weight excluding hydrogens is 207 g/mol. The van der Waals surface area contributed by atoms with E-state index in [0.717, 1.165) is 0 Å². The quantitative estimate of drug-likeness (QED) is 0.509. The summed E-state index contributed by atoms with van der Waals surface area (Å²) in [6.07, 6.45) is -0.0592. The van der Waals surface area contributed by atoms with Gasteiger partial charge in [-0.3, -0.25) is 9.36 Å². The highest BCUT2D eigenvalue weighted by molar-refractivity contribution is 7.52. The average molecular weight is 224 g/mol. The van der Waals surface area contributed by atoms with Crippen LogP contribution in [0.2, 0.25) is 0 Å². The molecule has 0 aromatic carbocycles. The molecule has 1 atom stereocenters. The maximum Gasteiger partial charge on any atom is 0.329 e. The van der Waals surface area contributed by atoms with Crippen molar-refractivity contribution in [1.82, 2.24) is 10.6 Å². The molecule has 84 valence electrons. The van der Waals surface area contributed by atoms with Crippen molar-refractivity contribution in [2.45, 2.75) is 6.92 Å². The summed E-state index contributed by atoms with van der Waals surface area (Å²) in [6, 6.07) is 0. The minimum atomic E-state index is -3.50. The maximum absolute atomic E-state index is 11.1. The van der Waals surface area contributed by atoms with Gasteiger partial charge in [-0.15, -0.1) is 0 Å². The van der Waals surface area contributed by atoms with E-state index < -0.39 is 7.60 Å². The molecule has 1 unspecified atom stereocenters. The van der Waals surface area contributed by atoms with Gasteiger partial charge in [0.2, 0.25) is 5.91 Å². The van der Waals surface area contributed by atoms with Gasteiger partial charge < -0.3 is 20.1 Å². The molecule has 0 radical (unpaired) electrons. The zero-order chi connectivity index (χ0) is 11.0. The molecule has 0 aromatic heterocycles. The first-order valence-corrected chi connectivity index (χ1v) is 6.15. The van der Waals surface area contributed by atoms with Gasteiger partial charge in [0, 0.05) is 6.54 Å². The van der Waals surface area contributed by atoms with Gasteiger partial charge >= 0.3 is 7.60 Å². The summed E-state index contributed by atoms with van der Waals surface area (Å²) in [5.74, 6) is -0.205. The fourth-order valence-electron chi connectivity index (χ4n) is 0.826. The van der Waals surface area contributed by atoms with Crippen LogP contribution in [-0.4, -0.2) is 43.7 Å². The molecular formula is C7H17N2O4P. The number of hydrogen-bond donors (Lipinski definition) is 3. The van der Waals surface area contributed by atoms with Crippen molar-refractivity contribution >= 4 is 13.5 Å². The predicted molar refractivity (Wildman–Crippen MR) is 53.3 cm³/mol. The Morgan fingerprint density at radius 3 is 2.71 bits per heavy atom. The van der Waals surface area contributed by atoms with E-state index in [2.05, 4.69) is 15.2 Å². The number of nitrogens with one attached hydrogen (secondary N) is 2. The van der Waals surface area contributed by atoms with E-state index in [9.17, 15) is 9.36 Å². The fraction of sp³-hybridized carbons (Fsp3) is 0.857. The highest BCUT2D eigenvalue weighted by Gasteiger charge is 2.17. The summed E-state index contributed by atoms with van der Waals surface area (Å²) in [6.45, 7) is 2.18. The lowest BCUT2D eigenvalue weighted by molar-refractivity contribution is -0.120. The maximum atomic E-state index is 11.1. The van der Waals surface area contributed by atoms with E-state index in [1.165, 1.54) is 0 Å². The largest absolute Gasteiger partial charge is 0.354 e. The molecule has 0 aliphatic carbocycles. The van der Waals surface area contributed by atoms with E-state index in [0.29, 0.717) is 0 Å². The third-order valence-corrected chi connectivity index (χ3v) is 2.84. The molecule has 0 heterocycles. The van der Waals surface area contributed by atoms with Crippen LogP contribution in [0.5, 0.6) is 0 Å². The summed E-state index contributed by atoms with van der Waals surface area (Å²) in [5, 5.41) is 5.15. The summed E-state index contributed by atoms with van der Waals surface area (Å²) < 4.78 is 15.7. The third kappa shape index (κ3) is 7.03. The smallest absolute Gasteiger partial charge is 0.329 e. The Hall–Kier alpha value is -0.420. The predicted octanol–water partition coefficient (Wildman–Crippen LogP) is -0.456. The van der Waals surface area contributed by atoms with Crippen LogP contribution in [0.4, 0.5) is 0 Å². The number of rotatable bonds is 7. The monoisotopic (exact) mass is 224 g/mol. The van der Waals surface area contributed by atoms with E-state index in [1.54, 1.807) is 14.0 Å². The van der Waals surface area contributed by atoms with Crippen LogP contribution in [0, 0.1) is 0 Å². The van der Waals surface area contributed by atoms with Crippen LogP contribution < -0.4 is 10.6 Å². The number of carbonyl (C=O) groups excluding carboxylic acids is 1. The standard InChI is InChI=1S/C7H17N2O4P/c1-3-13-14(11,12)5-4-9-7(10)6-8-2/h8H,3-6H2,1-2H3,(H,9,10)(H,11,12). The Labute approximate surface area is 83.6 Å². The first kappa shape index (κ1) is 13.6. The van der Waals surface area contributed by atoms with Gasteiger partial charge in [0.15, 0.2) is 0 Å². The van der Waals surface area contributed by atoms with Gasteiger partial charge in [-0.1, -0.05) is 0 Å². The van der Waals surface area contributed by atoms with Crippen molar-refractivity contribution in [2.24, 2.45) is 0 Å². The topological polar surface area (TPSA) is 87.7 Å². The highest BCUT2D eigenvalue weighted by atomic mass is 31.2. The second-order valence-electron chi connectivity index (χ2n) is 2.66. The molecule has 0 bridgehead atoms. The summed E-state index contributed by atoms with van der Waals surface area (Å²) in [4.78, 5) is 20.0. The van der Waals surface area contributed by atoms with E-state index >= 15 is 0 Å². The van der Waals surface area contributed by atoms with Crippen LogP contribution in [0.25, 0.3) is 0 Å². The second-order valence-corrected chi connectivity index (χ2v) is 4.64. The van der Waals surface area contributed by atoms with E-state index in [-0.39, 0.29) is 31.8 Å². The zero-order valence-electron chi connectivity index (χ0n) is 8.45. The lowest BCUT2D eigenvalue weighted by Gasteiger charge is -2.10. The molecule has 0 fully saturated rings. The minimum absolute atomic E-state index is 0.0592. The zero-order valence-corrected chi connectivity index (χ0v) is 9.34. The second kappa shape index (κ2) is 6.95. The fourth-order valence-corrected chi connectivity index (χ4v) is 1.75. The average Bonchev–Trinajstić information content (AvgIpc) is 2.03. The molecule has 1 amide bonds. The van der Waals surface area contributed by atoms with Gasteiger partial charge in [-0.25, -0.2) is 0 Å². The lowest BCUT2D eigenvalue weighted by Crippen LogP contribution is -2.33. The summed E-state index contributed by atoms with van der Waals surface area (Å²) in [5.41, 5.74) is 0. The minimum Gasteiger partial charge on any atom is -0.354 e. The normalized spacial score (nSPS) is 14.8. The van der Waals surface area contributed by atoms with Gasteiger partial charge in [0.25, 0.3) is 0 Å². The van der Waals surface area contributed by atoms with Crippen LogP contribution in [0.1, 0.15) is 6.92 Å². The molecule has 14 heavy (non-hydrogen) atoms. The molecule has 7 heteroatoms. The number of amides is 1. The molecule has 0 aliphatic heterocycles. The van der Waals surface area contributed by atoms with Gasteiger partial charge in [-0.05, 0) is 14.0 Å². The summed E-state index contributed by atoms with van der Waals surface area (Å²) in [7, 11) is -1.85. The SMILES string of the molecule is CCOP(=O)(O)CCNC(=O)CNC. The van der Waals surface area contributed by atoms with Crippen molar-refractivity contribution in [3.8, 4) is 0 Å². The molecule has 0 rings (SSSR count). The molecule has 0 saturated heterocycles. The Bertz CT molecular complexity index is 222. The Kier molecular flexibility index (Phi) is 6.74. The molecule has 3 N–H and O–H groups in total. The number of carbonyl (C=O) groups is 1. The summed E-state index contributed by atoms with van der Waals surface area (Å²) >= 11 is 0. The van der Waals surface area contributed by atoms with Gasteiger partial charge in [0.05, 0.1) is 19.3 Å². The van der Waals surface area contributed by atoms with E-state index in [4.69, 9.17) is 4.89 Å². The van der Waals surface area contributed by atoms with Crippen LogP contribution in [-0.2, 0) is 13.9 Å². The van der Waals surface area contributed by atoms with Crippen LogP contribution in [0.15, 0.2) is 0 Å². The molecule has 0 spiro atoms. The highest BCUT2D eigenvalue weighted by Crippen LogP contribution is 2.40. The van der Waals surface area contributed by atoms with Gasteiger partial charge in [-0.2, -0.15) is 0 Å². The van der Waals surface area contributed by atoms with Crippen LogP contribution in [0.3, 0.4) is 0 Å². The number of hydrogen-bond acceptors (Lipinski definition) is 4. The first-order chi connectivity index (χ1) is 6.52. The molecule has 0 aromatic rings. The van der Waals surface area contributed by atoms with Crippen molar-refractivity contribution < 1.29 is 18.8 Å². The van der Waals surface area contributed by atoms with Gasteiger partial charge in [0.1, 0.15) is 0 Å². The third-order valence-electron chi connectivity index (χ3n) is 1.38. The Morgan fingerprint density at radius 2 is 2.21 bits per heavy atom. The van der Waals surface area contributed by atoms with Crippen molar-refractivity contribution in [2.75, 3.05) is 32.9 Å². The lowest BCUT2D eigenvalue weighted by atomic mass is 10.5. The van der Waals surface area contributed by atoms with E-state index in [1.807, 2.05) is 0 Å².